The van der Waals surface area contributed by atoms with Gasteiger partial charge in [-0.05, 0) is 24.1 Å². The Bertz CT molecular complexity index is 195. The molecule has 1 aromatic rings. The van der Waals surface area contributed by atoms with E-state index in [1.54, 1.807) is 11.3 Å². The van der Waals surface area contributed by atoms with Crippen molar-refractivity contribution >= 4 is 11.3 Å². The summed E-state index contributed by atoms with van der Waals surface area (Å²) in [5.41, 5.74) is 6.68. The van der Waals surface area contributed by atoms with E-state index in [0.717, 1.165) is 6.54 Å². The smallest absolute Gasteiger partial charge is 0.0296 e. The third-order valence-corrected chi connectivity index (χ3v) is 2.28. The minimum absolute atomic E-state index is 0.653. The molecule has 0 spiro atoms. The molecule has 1 aromatic heterocycles. The van der Waals surface area contributed by atoms with Gasteiger partial charge in [0.15, 0.2) is 0 Å². The van der Waals surface area contributed by atoms with Crippen LogP contribution in [-0.4, -0.2) is 7.05 Å². The van der Waals surface area contributed by atoms with Crippen molar-refractivity contribution in [2.45, 2.75) is 13.1 Å². The van der Waals surface area contributed by atoms with Gasteiger partial charge >= 0.3 is 0 Å². The molecule has 0 aliphatic heterocycles. The maximum atomic E-state index is 5.45. The lowest BCUT2D eigenvalue weighted by atomic mass is 10.3. The highest BCUT2D eigenvalue weighted by Gasteiger charge is 1.95. The molecule has 1 rings (SSSR count). The third kappa shape index (κ3) is 1.80. The lowest BCUT2D eigenvalue weighted by molar-refractivity contribution is 0.830. The van der Waals surface area contributed by atoms with Crippen LogP contribution in [0.4, 0.5) is 0 Å². The van der Waals surface area contributed by atoms with E-state index in [2.05, 4.69) is 16.8 Å². The van der Waals surface area contributed by atoms with Gasteiger partial charge in [-0.1, -0.05) is 0 Å². The topological polar surface area (TPSA) is 38.0 Å². The summed E-state index contributed by atoms with van der Waals surface area (Å²) in [6.07, 6.45) is 0. The van der Waals surface area contributed by atoms with Gasteiger partial charge in [-0.15, -0.1) is 11.3 Å². The van der Waals surface area contributed by atoms with Gasteiger partial charge in [0, 0.05) is 18.0 Å². The van der Waals surface area contributed by atoms with Crippen molar-refractivity contribution in [2.24, 2.45) is 5.73 Å². The van der Waals surface area contributed by atoms with Gasteiger partial charge in [0.2, 0.25) is 0 Å². The minimum Gasteiger partial charge on any atom is -0.326 e. The summed E-state index contributed by atoms with van der Waals surface area (Å²) in [5, 5.41) is 5.19. The van der Waals surface area contributed by atoms with Crippen molar-refractivity contribution in [3.63, 3.8) is 0 Å². The molecule has 0 radical (unpaired) electrons. The van der Waals surface area contributed by atoms with Crippen LogP contribution in [0.25, 0.3) is 0 Å². The van der Waals surface area contributed by atoms with E-state index in [0.29, 0.717) is 6.54 Å². The Hall–Kier alpha value is -0.380. The van der Waals surface area contributed by atoms with E-state index >= 15 is 0 Å². The Morgan fingerprint density at radius 2 is 2.50 bits per heavy atom. The quantitative estimate of drug-likeness (QED) is 0.683. The first-order valence-electron chi connectivity index (χ1n) is 3.27. The van der Waals surface area contributed by atoms with E-state index in [-0.39, 0.29) is 0 Å². The van der Waals surface area contributed by atoms with Crippen molar-refractivity contribution in [2.75, 3.05) is 7.05 Å². The Balaban J connectivity index is 2.59. The van der Waals surface area contributed by atoms with E-state index in [9.17, 15) is 0 Å². The van der Waals surface area contributed by atoms with Crippen LogP contribution >= 0.6 is 11.3 Å². The predicted octanol–water partition coefficient (Wildman–Crippen LogP) is 0.926. The van der Waals surface area contributed by atoms with Crippen LogP contribution in [0.3, 0.4) is 0 Å². The predicted molar refractivity (Wildman–Crippen MR) is 45.0 cm³/mol. The SMILES string of the molecule is CNCc1cc(CN)cs1. The molecule has 0 aliphatic carbocycles. The zero-order valence-electron chi connectivity index (χ0n) is 6.05. The van der Waals surface area contributed by atoms with Crippen LogP contribution in [-0.2, 0) is 13.1 Å². The highest BCUT2D eigenvalue weighted by molar-refractivity contribution is 7.10. The molecule has 10 heavy (non-hydrogen) atoms. The van der Waals surface area contributed by atoms with Gasteiger partial charge in [-0.25, -0.2) is 0 Å². The van der Waals surface area contributed by atoms with Crippen molar-refractivity contribution in [1.29, 1.82) is 0 Å². The molecule has 0 bridgehead atoms. The number of thiophene rings is 1. The summed E-state index contributed by atoms with van der Waals surface area (Å²) >= 11 is 1.76. The highest BCUT2D eigenvalue weighted by Crippen LogP contribution is 2.13. The largest absolute Gasteiger partial charge is 0.326 e. The fourth-order valence-corrected chi connectivity index (χ4v) is 1.71. The Morgan fingerprint density at radius 1 is 1.70 bits per heavy atom. The van der Waals surface area contributed by atoms with Gasteiger partial charge in [0.1, 0.15) is 0 Å². The second-order valence-electron chi connectivity index (χ2n) is 2.16. The van der Waals surface area contributed by atoms with E-state index in [1.165, 1.54) is 10.4 Å². The normalized spacial score (nSPS) is 10.2. The first-order valence-corrected chi connectivity index (χ1v) is 4.15. The molecule has 0 aliphatic rings. The third-order valence-electron chi connectivity index (χ3n) is 1.29. The number of nitrogens with two attached hydrogens (primary N) is 1. The summed E-state index contributed by atoms with van der Waals surface area (Å²) < 4.78 is 0. The first kappa shape index (κ1) is 7.72. The molecule has 1 heterocycles. The summed E-state index contributed by atoms with van der Waals surface area (Å²) in [4.78, 5) is 1.35. The molecule has 0 fully saturated rings. The molecular formula is C7H12N2S. The Labute approximate surface area is 65.1 Å². The molecule has 3 heteroatoms. The molecule has 0 saturated heterocycles. The van der Waals surface area contributed by atoms with Gasteiger partial charge in [-0.2, -0.15) is 0 Å². The monoisotopic (exact) mass is 156 g/mol. The van der Waals surface area contributed by atoms with Crippen LogP contribution in [0.5, 0.6) is 0 Å². The van der Waals surface area contributed by atoms with Crippen molar-refractivity contribution in [3.05, 3.63) is 21.9 Å². The lowest BCUT2D eigenvalue weighted by Crippen LogP contribution is -2.02. The average molecular weight is 156 g/mol. The molecule has 56 valence electrons. The highest BCUT2D eigenvalue weighted by atomic mass is 32.1. The summed E-state index contributed by atoms with van der Waals surface area (Å²) in [6, 6.07) is 2.14. The molecule has 2 nitrogen and oxygen atoms in total. The van der Waals surface area contributed by atoms with Gasteiger partial charge in [0.25, 0.3) is 0 Å². The first-order chi connectivity index (χ1) is 4.86. The summed E-state index contributed by atoms with van der Waals surface area (Å²) in [7, 11) is 1.95. The Kier molecular flexibility index (Phi) is 2.86. The summed E-state index contributed by atoms with van der Waals surface area (Å²) in [5.74, 6) is 0. The lowest BCUT2D eigenvalue weighted by Gasteiger charge is -1.90. The average Bonchev–Trinajstić information content (AvgIpc) is 2.37. The number of rotatable bonds is 3. The fraction of sp³-hybridized carbons (Fsp3) is 0.429. The van der Waals surface area contributed by atoms with Crippen LogP contribution < -0.4 is 11.1 Å². The van der Waals surface area contributed by atoms with E-state index < -0.39 is 0 Å². The number of hydrogen-bond acceptors (Lipinski definition) is 3. The van der Waals surface area contributed by atoms with Crippen molar-refractivity contribution in [1.82, 2.24) is 5.32 Å². The standard InChI is InChI=1S/C7H12N2S/c1-9-4-7-2-6(3-8)5-10-7/h2,5,9H,3-4,8H2,1H3. The van der Waals surface area contributed by atoms with Gasteiger partial charge in [-0.3, -0.25) is 0 Å². The van der Waals surface area contributed by atoms with Crippen LogP contribution in [0.1, 0.15) is 10.4 Å². The molecule has 0 unspecified atom stereocenters. The minimum atomic E-state index is 0.653. The van der Waals surface area contributed by atoms with E-state index in [4.69, 9.17) is 5.73 Å². The maximum absolute atomic E-state index is 5.45. The molecular weight excluding hydrogens is 144 g/mol. The molecule has 0 atom stereocenters. The number of nitrogens with one attached hydrogen (secondary N) is 1. The summed E-state index contributed by atoms with van der Waals surface area (Å²) in [6.45, 7) is 1.60. The second-order valence-corrected chi connectivity index (χ2v) is 3.15. The van der Waals surface area contributed by atoms with Gasteiger partial charge < -0.3 is 11.1 Å². The van der Waals surface area contributed by atoms with Crippen LogP contribution in [0.15, 0.2) is 11.4 Å². The van der Waals surface area contributed by atoms with Crippen molar-refractivity contribution in [3.8, 4) is 0 Å². The number of hydrogen-bond donors (Lipinski definition) is 2. The van der Waals surface area contributed by atoms with Crippen molar-refractivity contribution < 1.29 is 0 Å². The Morgan fingerprint density at radius 3 is 3.00 bits per heavy atom. The molecule has 0 amide bonds. The van der Waals surface area contributed by atoms with E-state index in [1.807, 2.05) is 7.05 Å². The molecule has 3 N–H and O–H groups in total. The molecule has 0 aromatic carbocycles. The second kappa shape index (κ2) is 3.71. The van der Waals surface area contributed by atoms with Gasteiger partial charge in [0.05, 0.1) is 0 Å². The zero-order valence-corrected chi connectivity index (χ0v) is 6.87. The van der Waals surface area contributed by atoms with Crippen LogP contribution in [0.2, 0.25) is 0 Å². The molecule has 0 saturated carbocycles. The van der Waals surface area contributed by atoms with Crippen LogP contribution in [0, 0.1) is 0 Å². The maximum Gasteiger partial charge on any atom is 0.0296 e. The zero-order chi connectivity index (χ0) is 7.40. The fourth-order valence-electron chi connectivity index (χ4n) is 0.800.